The highest BCUT2D eigenvalue weighted by Crippen LogP contribution is 2.16. The number of amides is 1. The summed E-state index contributed by atoms with van der Waals surface area (Å²) in [5.74, 6) is -0.351. The van der Waals surface area contributed by atoms with Gasteiger partial charge in [-0.2, -0.15) is 0 Å². The quantitative estimate of drug-likeness (QED) is 0.776. The number of hydrogen-bond donors (Lipinski definition) is 2. The smallest absolute Gasteiger partial charge is 0.271 e. The molecule has 1 heterocycles. The maximum atomic E-state index is 12.2. The third kappa shape index (κ3) is 3.35. The SMILES string of the molecule is Cc1ccccc1C(O)CNC(=O)c1cnc2ccccc2n1. The van der Waals surface area contributed by atoms with E-state index in [-0.39, 0.29) is 18.1 Å². The predicted molar refractivity (Wildman–Crippen MR) is 88.0 cm³/mol. The summed E-state index contributed by atoms with van der Waals surface area (Å²) in [4.78, 5) is 20.7. The molecular formula is C18H17N3O2. The maximum absolute atomic E-state index is 12.2. The van der Waals surface area contributed by atoms with E-state index < -0.39 is 6.10 Å². The number of aliphatic hydroxyl groups is 1. The van der Waals surface area contributed by atoms with Crippen LogP contribution in [-0.2, 0) is 0 Å². The third-order valence-electron chi connectivity index (χ3n) is 3.68. The standard InChI is InChI=1S/C18H17N3O2/c1-12-6-2-3-7-13(12)17(22)11-20-18(23)16-10-19-14-8-4-5-9-15(14)21-16/h2-10,17,22H,11H2,1H3,(H,20,23). The van der Waals surface area contributed by atoms with Gasteiger partial charge < -0.3 is 10.4 Å². The summed E-state index contributed by atoms with van der Waals surface area (Å²) in [6.07, 6.45) is 0.686. The van der Waals surface area contributed by atoms with Gasteiger partial charge in [-0.25, -0.2) is 4.98 Å². The molecule has 0 spiro atoms. The first-order chi connectivity index (χ1) is 11.1. The van der Waals surface area contributed by atoms with Crippen LogP contribution in [0.2, 0.25) is 0 Å². The summed E-state index contributed by atoms with van der Waals surface area (Å²) in [5, 5.41) is 12.9. The van der Waals surface area contributed by atoms with Crippen molar-refractivity contribution in [3.8, 4) is 0 Å². The zero-order valence-corrected chi connectivity index (χ0v) is 12.7. The molecule has 0 saturated carbocycles. The van der Waals surface area contributed by atoms with Crippen molar-refractivity contribution >= 4 is 16.9 Å². The molecule has 5 nitrogen and oxygen atoms in total. The van der Waals surface area contributed by atoms with Gasteiger partial charge in [0.25, 0.3) is 5.91 Å². The number of nitrogens with one attached hydrogen (secondary N) is 1. The average molecular weight is 307 g/mol. The van der Waals surface area contributed by atoms with Crippen molar-refractivity contribution in [1.82, 2.24) is 15.3 Å². The number of para-hydroxylation sites is 2. The van der Waals surface area contributed by atoms with Crippen molar-refractivity contribution in [1.29, 1.82) is 0 Å². The fourth-order valence-electron chi connectivity index (χ4n) is 2.42. The lowest BCUT2D eigenvalue weighted by molar-refractivity contribution is 0.0911. The van der Waals surface area contributed by atoms with Crippen molar-refractivity contribution in [2.75, 3.05) is 6.54 Å². The number of aliphatic hydroxyl groups excluding tert-OH is 1. The van der Waals surface area contributed by atoms with Crippen molar-refractivity contribution in [3.05, 3.63) is 71.5 Å². The predicted octanol–water partition coefficient (Wildman–Crippen LogP) is 2.40. The van der Waals surface area contributed by atoms with Gasteiger partial charge >= 0.3 is 0 Å². The third-order valence-corrected chi connectivity index (χ3v) is 3.68. The second kappa shape index (κ2) is 6.54. The lowest BCUT2D eigenvalue weighted by Crippen LogP contribution is -2.29. The second-order valence-electron chi connectivity index (χ2n) is 5.33. The van der Waals surface area contributed by atoms with Gasteiger partial charge in [-0.15, -0.1) is 0 Å². The number of aryl methyl sites for hydroxylation is 1. The van der Waals surface area contributed by atoms with Crippen LogP contribution in [0.3, 0.4) is 0 Å². The van der Waals surface area contributed by atoms with E-state index in [1.165, 1.54) is 6.20 Å². The zero-order chi connectivity index (χ0) is 16.2. The Morgan fingerprint density at radius 2 is 1.83 bits per heavy atom. The van der Waals surface area contributed by atoms with E-state index in [1.54, 1.807) is 6.07 Å². The molecular weight excluding hydrogens is 290 g/mol. The molecule has 23 heavy (non-hydrogen) atoms. The van der Waals surface area contributed by atoms with Crippen LogP contribution in [0.25, 0.3) is 11.0 Å². The van der Waals surface area contributed by atoms with Gasteiger partial charge in [-0.1, -0.05) is 36.4 Å². The molecule has 3 aromatic rings. The fraction of sp³-hybridized carbons (Fsp3) is 0.167. The van der Waals surface area contributed by atoms with Crippen LogP contribution in [-0.4, -0.2) is 27.5 Å². The van der Waals surface area contributed by atoms with E-state index >= 15 is 0 Å². The van der Waals surface area contributed by atoms with Gasteiger partial charge in [-0.3, -0.25) is 9.78 Å². The molecule has 3 rings (SSSR count). The van der Waals surface area contributed by atoms with E-state index in [0.717, 1.165) is 16.6 Å². The van der Waals surface area contributed by atoms with E-state index in [9.17, 15) is 9.90 Å². The molecule has 0 radical (unpaired) electrons. The molecule has 0 saturated heterocycles. The molecule has 1 atom stereocenters. The lowest BCUT2D eigenvalue weighted by atomic mass is 10.0. The number of nitrogens with zero attached hydrogens (tertiary/aromatic N) is 2. The van der Waals surface area contributed by atoms with Crippen LogP contribution in [0.5, 0.6) is 0 Å². The van der Waals surface area contributed by atoms with Crippen LogP contribution in [0.15, 0.2) is 54.7 Å². The highest BCUT2D eigenvalue weighted by atomic mass is 16.3. The highest BCUT2D eigenvalue weighted by Gasteiger charge is 2.13. The van der Waals surface area contributed by atoms with Crippen LogP contribution in [0.1, 0.15) is 27.7 Å². The summed E-state index contributed by atoms with van der Waals surface area (Å²) in [6.45, 7) is 2.05. The molecule has 1 unspecified atom stereocenters. The Morgan fingerprint density at radius 3 is 2.61 bits per heavy atom. The van der Waals surface area contributed by atoms with Crippen molar-refractivity contribution < 1.29 is 9.90 Å². The second-order valence-corrected chi connectivity index (χ2v) is 5.33. The molecule has 0 bridgehead atoms. The number of benzene rings is 2. The normalized spacial score (nSPS) is 12.1. The van der Waals surface area contributed by atoms with Gasteiger partial charge in [0.1, 0.15) is 5.69 Å². The molecule has 116 valence electrons. The van der Waals surface area contributed by atoms with E-state index in [0.29, 0.717) is 5.52 Å². The van der Waals surface area contributed by atoms with Gasteiger partial charge in [0.2, 0.25) is 0 Å². The van der Waals surface area contributed by atoms with Gasteiger partial charge in [0.05, 0.1) is 23.3 Å². The molecule has 0 aliphatic carbocycles. The summed E-state index contributed by atoms with van der Waals surface area (Å²) >= 11 is 0. The lowest BCUT2D eigenvalue weighted by Gasteiger charge is -2.14. The molecule has 0 fully saturated rings. The monoisotopic (exact) mass is 307 g/mol. The van der Waals surface area contributed by atoms with E-state index in [4.69, 9.17) is 0 Å². The number of carbonyl (C=O) groups is 1. The largest absolute Gasteiger partial charge is 0.387 e. The Bertz CT molecular complexity index is 848. The summed E-state index contributed by atoms with van der Waals surface area (Å²) < 4.78 is 0. The molecule has 1 amide bonds. The number of fused-ring (bicyclic) bond motifs is 1. The number of hydrogen-bond acceptors (Lipinski definition) is 4. The summed E-state index contributed by atoms with van der Waals surface area (Å²) in [7, 11) is 0. The van der Waals surface area contributed by atoms with Crippen LogP contribution >= 0.6 is 0 Å². The number of carbonyl (C=O) groups excluding carboxylic acids is 1. The first-order valence-corrected chi connectivity index (χ1v) is 7.39. The Kier molecular flexibility index (Phi) is 4.30. The van der Waals surface area contributed by atoms with Gasteiger partial charge in [-0.05, 0) is 30.2 Å². The first-order valence-electron chi connectivity index (χ1n) is 7.39. The fourth-order valence-corrected chi connectivity index (χ4v) is 2.42. The van der Waals surface area contributed by atoms with E-state index in [1.807, 2.05) is 49.4 Å². The zero-order valence-electron chi connectivity index (χ0n) is 12.7. The Hall–Kier alpha value is -2.79. The van der Waals surface area contributed by atoms with Crippen molar-refractivity contribution in [2.24, 2.45) is 0 Å². The number of aromatic nitrogens is 2. The van der Waals surface area contributed by atoms with Crippen LogP contribution in [0, 0.1) is 6.92 Å². The minimum Gasteiger partial charge on any atom is -0.387 e. The molecule has 1 aromatic heterocycles. The minimum absolute atomic E-state index is 0.123. The molecule has 2 N–H and O–H groups in total. The van der Waals surface area contributed by atoms with Gasteiger partial charge in [0, 0.05) is 6.54 Å². The molecule has 2 aromatic carbocycles. The van der Waals surface area contributed by atoms with Crippen molar-refractivity contribution in [3.63, 3.8) is 0 Å². The topological polar surface area (TPSA) is 75.1 Å². The molecule has 0 aliphatic rings. The molecule has 5 heteroatoms. The van der Waals surface area contributed by atoms with Crippen molar-refractivity contribution in [2.45, 2.75) is 13.0 Å². The summed E-state index contributed by atoms with van der Waals surface area (Å²) in [6, 6.07) is 14.9. The summed E-state index contributed by atoms with van der Waals surface area (Å²) in [5.41, 5.74) is 3.43. The maximum Gasteiger partial charge on any atom is 0.271 e. The molecule has 0 aliphatic heterocycles. The first kappa shape index (κ1) is 15.1. The average Bonchev–Trinajstić information content (AvgIpc) is 2.59. The van der Waals surface area contributed by atoms with E-state index in [2.05, 4.69) is 15.3 Å². The van der Waals surface area contributed by atoms with Crippen LogP contribution in [0.4, 0.5) is 0 Å². The Balaban J connectivity index is 1.70. The van der Waals surface area contributed by atoms with Gasteiger partial charge in [0.15, 0.2) is 0 Å². The Morgan fingerprint density at radius 1 is 1.13 bits per heavy atom. The Labute approximate surface area is 134 Å². The van der Waals surface area contributed by atoms with Crippen LogP contribution < -0.4 is 5.32 Å². The minimum atomic E-state index is -0.756. The number of rotatable bonds is 4. The highest BCUT2D eigenvalue weighted by molar-refractivity contribution is 5.93.